The van der Waals surface area contributed by atoms with Crippen LogP contribution in [0.3, 0.4) is 0 Å². The van der Waals surface area contributed by atoms with Crippen LogP contribution < -0.4 is 0 Å². The Morgan fingerprint density at radius 3 is 2.77 bits per heavy atom. The zero-order valence-electron chi connectivity index (χ0n) is 7.12. The summed E-state index contributed by atoms with van der Waals surface area (Å²) in [6.45, 7) is 0. The van der Waals surface area contributed by atoms with Crippen LogP contribution >= 0.6 is 0 Å². The molecule has 1 N–H and O–H groups in total. The Morgan fingerprint density at radius 2 is 2.23 bits per heavy atom. The van der Waals surface area contributed by atoms with Gasteiger partial charge in [0.2, 0.25) is 0 Å². The number of nitrogens with one attached hydrogen (secondary N) is 1. The minimum absolute atomic E-state index is 0.0535. The summed E-state index contributed by atoms with van der Waals surface area (Å²) in [5.74, 6) is 0. The van der Waals surface area contributed by atoms with E-state index in [2.05, 4.69) is 0 Å². The first kappa shape index (κ1) is 10.1. The highest BCUT2D eigenvalue weighted by Crippen LogP contribution is 2.15. The van der Waals surface area contributed by atoms with E-state index < -0.39 is 16.0 Å². The molecule has 0 saturated heterocycles. The van der Waals surface area contributed by atoms with Crippen molar-refractivity contribution in [3.8, 4) is 0 Å². The molecule has 0 saturated carbocycles. The topological polar surface area (TPSA) is 58.0 Å². The van der Waals surface area contributed by atoms with Gasteiger partial charge >= 0.3 is 0 Å². The van der Waals surface area contributed by atoms with Crippen LogP contribution in [-0.2, 0) is 9.84 Å². The van der Waals surface area contributed by atoms with Crippen LogP contribution in [0.5, 0.6) is 0 Å². The fourth-order valence-corrected chi connectivity index (χ4v) is 1.67. The number of hydrogen-bond donors (Lipinski definition) is 1. The first-order chi connectivity index (χ1) is 5.91. The Labute approximate surface area is 76.4 Å². The van der Waals surface area contributed by atoms with Gasteiger partial charge in [0.15, 0.2) is 16.0 Å². The average molecular weight is 203 g/mol. The van der Waals surface area contributed by atoms with Gasteiger partial charge in [-0.3, -0.25) is 0 Å². The van der Waals surface area contributed by atoms with Gasteiger partial charge in [-0.05, 0) is 12.2 Å². The highest BCUT2D eigenvalue weighted by atomic mass is 32.2. The molecular formula is C8H10FNO2S. The summed E-state index contributed by atoms with van der Waals surface area (Å²) in [4.78, 5) is -0.0535. The Balaban J connectivity index is 3.11. The highest BCUT2D eigenvalue weighted by molar-refractivity contribution is 7.94. The maximum absolute atomic E-state index is 13.0. The average Bonchev–Trinajstić information content (AvgIpc) is 2.13. The summed E-state index contributed by atoms with van der Waals surface area (Å²) in [6.07, 6.45) is 3.38. The predicted octanol–water partition coefficient (Wildman–Crippen LogP) is 1.23. The monoisotopic (exact) mass is 203 g/mol. The molecule has 3 nitrogen and oxygen atoms in total. The zero-order chi connectivity index (χ0) is 10.1. The number of allylic oxidation sites excluding steroid dienone is 3. The zero-order valence-corrected chi connectivity index (χ0v) is 7.94. The molecule has 1 atom stereocenters. The van der Waals surface area contributed by atoms with Gasteiger partial charge in [-0.2, -0.15) is 0 Å². The first-order valence-electron chi connectivity index (χ1n) is 3.71. The van der Waals surface area contributed by atoms with Gasteiger partial charge in [-0.25, -0.2) is 12.8 Å². The van der Waals surface area contributed by atoms with Crippen molar-refractivity contribution in [2.45, 2.75) is 12.6 Å². The summed E-state index contributed by atoms with van der Waals surface area (Å²) in [7, 11) is -3.37. The molecule has 0 spiro atoms. The maximum Gasteiger partial charge on any atom is 0.175 e. The molecule has 0 aromatic carbocycles. The van der Waals surface area contributed by atoms with Crippen molar-refractivity contribution in [2.75, 3.05) is 6.26 Å². The van der Waals surface area contributed by atoms with Crippen LogP contribution in [0.25, 0.3) is 0 Å². The molecule has 0 bridgehead atoms. The molecule has 72 valence electrons. The van der Waals surface area contributed by atoms with Crippen molar-refractivity contribution in [2.24, 2.45) is 0 Å². The molecule has 1 unspecified atom stereocenters. The van der Waals surface area contributed by atoms with Gasteiger partial charge in [-0.1, -0.05) is 6.08 Å². The van der Waals surface area contributed by atoms with Gasteiger partial charge in [0.1, 0.15) is 0 Å². The van der Waals surface area contributed by atoms with Crippen LogP contribution in [-0.4, -0.2) is 26.6 Å². The maximum atomic E-state index is 13.0. The fourth-order valence-electron chi connectivity index (χ4n) is 0.962. The Bertz CT molecular complexity index is 381. The van der Waals surface area contributed by atoms with Gasteiger partial charge in [0, 0.05) is 12.7 Å². The quantitative estimate of drug-likeness (QED) is 0.696. The van der Waals surface area contributed by atoms with Crippen LogP contribution in [0.1, 0.15) is 6.42 Å². The molecule has 0 aliphatic heterocycles. The van der Waals surface area contributed by atoms with Gasteiger partial charge in [-0.15, -0.1) is 0 Å². The molecule has 5 heteroatoms. The number of alkyl halides is 1. The Kier molecular flexibility index (Phi) is 2.66. The molecule has 0 fully saturated rings. The fraction of sp³-hybridized carbons (Fsp3) is 0.375. The SMILES string of the molecule is CS(=O)(=O)C1=CC(F)C(=N)CC=C1. The lowest BCUT2D eigenvalue weighted by molar-refractivity contribution is 0.487. The molecule has 0 aromatic heterocycles. The number of hydrogen-bond acceptors (Lipinski definition) is 3. The molecule has 0 heterocycles. The van der Waals surface area contributed by atoms with E-state index in [9.17, 15) is 12.8 Å². The van der Waals surface area contributed by atoms with Crippen LogP contribution in [0.4, 0.5) is 4.39 Å². The molecular weight excluding hydrogens is 193 g/mol. The van der Waals surface area contributed by atoms with Gasteiger partial charge in [0.25, 0.3) is 0 Å². The second-order valence-corrected chi connectivity index (χ2v) is 4.89. The minimum atomic E-state index is -3.37. The lowest BCUT2D eigenvalue weighted by Crippen LogP contribution is -2.11. The Hall–Kier alpha value is -0.970. The summed E-state index contributed by atoms with van der Waals surface area (Å²) >= 11 is 0. The number of halogens is 1. The van der Waals surface area contributed by atoms with E-state index in [1.54, 1.807) is 0 Å². The van der Waals surface area contributed by atoms with E-state index in [4.69, 9.17) is 5.41 Å². The summed E-state index contributed by atoms with van der Waals surface area (Å²) in [6, 6.07) is 0. The second-order valence-electron chi connectivity index (χ2n) is 2.87. The third-order valence-corrected chi connectivity index (χ3v) is 2.82. The first-order valence-corrected chi connectivity index (χ1v) is 5.60. The van der Waals surface area contributed by atoms with Crippen molar-refractivity contribution < 1.29 is 12.8 Å². The van der Waals surface area contributed by atoms with Crippen molar-refractivity contribution in [1.82, 2.24) is 0 Å². The molecule has 0 radical (unpaired) electrons. The van der Waals surface area contributed by atoms with Crippen molar-refractivity contribution in [3.05, 3.63) is 23.1 Å². The smallest absolute Gasteiger partial charge is 0.175 e. The largest absolute Gasteiger partial charge is 0.306 e. The van der Waals surface area contributed by atoms with Crippen molar-refractivity contribution in [1.29, 1.82) is 5.41 Å². The molecule has 0 aromatic rings. The van der Waals surface area contributed by atoms with Crippen LogP contribution in [0.2, 0.25) is 0 Å². The standard InChI is InChI=1S/C8H10FNO2S/c1-13(11,12)6-3-2-4-8(10)7(9)5-6/h2-3,5,7,10H,4H2,1H3. The molecule has 1 aliphatic rings. The third kappa shape index (κ3) is 2.48. The van der Waals surface area contributed by atoms with E-state index in [1.165, 1.54) is 12.2 Å². The second kappa shape index (κ2) is 3.41. The molecule has 1 rings (SSSR count). The lowest BCUT2D eigenvalue weighted by atomic mass is 10.2. The van der Waals surface area contributed by atoms with Gasteiger partial charge in [0.05, 0.1) is 10.6 Å². The number of rotatable bonds is 1. The van der Waals surface area contributed by atoms with Crippen molar-refractivity contribution >= 4 is 15.5 Å². The van der Waals surface area contributed by atoms with Gasteiger partial charge < -0.3 is 5.41 Å². The summed E-state index contributed by atoms with van der Waals surface area (Å²) in [5.41, 5.74) is -0.116. The highest BCUT2D eigenvalue weighted by Gasteiger charge is 2.17. The lowest BCUT2D eigenvalue weighted by Gasteiger charge is -2.01. The van der Waals surface area contributed by atoms with E-state index >= 15 is 0 Å². The minimum Gasteiger partial charge on any atom is -0.306 e. The van der Waals surface area contributed by atoms with Crippen LogP contribution in [0.15, 0.2) is 23.1 Å². The number of sulfone groups is 1. The van der Waals surface area contributed by atoms with E-state index in [0.717, 1.165) is 12.3 Å². The normalized spacial score (nSPS) is 24.0. The molecule has 13 heavy (non-hydrogen) atoms. The van der Waals surface area contributed by atoms with E-state index in [1.807, 2.05) is 0 Å². The predicted molar refractivity (Wildman–Crippen MR) is 49.3 cm³/mol. The van der Waals surface area contributed by atoms with Crippen LogP contribution in [0, 0.1) is 5.41 Å². The van der Waals surface area contributed by atoms with Crippen molar-refractivity contribution in [3.63, 3.8) is 0 Å². The van der Waals surface area contributed by atoms with E-state index in [-0.39, 0.29) is 17.0 Å². The molecule has 0 amide bonds. The third-order valence-electron chi connectivity index (χ3n) is 1.69. The summed E-state index contributed by atoms with van der Waals surface area (Å²) in [5, 5.41) is 7.16. The van der Waals surface area contributed by atoms with E-state index in [0.29, 0.717) is 0 Å². The Morgan fingerprint density at radius 1 is 1.62 bits per heavy atom. The summed E-state index contributed by atoms with van der Waals surface area (Å²) < 4.78 is 35.1. The molecule has 1 aliphatic carbocycles.